The number of carbonyl (C=O) groups excluding carboxylic acids is 2. The Kier molecular flexibility index (Phi) is 7.45. The second kappa shape index (κ2) is 10.5. The maximum atomic E-state index is 13.1. The molecule has 176 valence electrons. The van der Waals surface area contributed by atoms with E-state index in [9.17, 15) is 18.0 Å². The molecule has 2 aromatic carbocycles. The first kappa shape index (κ1) is 23.4. The quantitative estimate of drug-likeness (QED) is 0.621. The van der Waals surface area contributed by atoms with Crippen LogP contribution in [-0.2, 0) is 21.2 Å². The van der Waals surface area contributed by atoms with Crippen LogP contribution in [0.3, 0.4) is 0 Å². The Bertz CT molecular complexity index is 1080. The number of nitrogens with one attached hydrogen (secondary N) is 2. The third-order valence-electron chi connectivity index (χ3n) is 6.13. The van der Waals surface area contributed by atoms with Crippen molar-refractivity contribution in [2.24, 2.45) is 0 Å². The Morgan fingerprint density at radius 3 is 2.30 bits per heavy atom. The van der Waals surface area contributed by atoms with Gasteiger partial charge in [0.2, 0.25) is 15.9 Å². The highest BCUT2D eigenvalue weighted by Gasteiger charge is 2.30. The predicted molar refractivity (Wildman–Crippen MR) is 126 cm³/mol. The van der Waals surface area contributed by atoms with Gasteiger partial charge in [-0.25, -0.2) is 8.42 Å². The molecule has 1 aliphatic carbocycles. The summed E-state index contributed by atoms with van der Waals surface area (Å²) in [5.74, 6) is -0.683. The van der Waals surface area contributed by atoms with Crippen molar-refractivity contribution in [1.29, 1.82) is 0 Å². The average Bonchev–Trinajstić information content (AvgIpc) is 3.66. The highest BCUT2D eigenvalue weighted by atomic mass is 32.2. The van der Waals surface area contributed by atoms with Gasteiger partial charge in [0.05, 0.1) is 4.90 Å². The van der Waals surface area contributed by atoms with E-state index in [1.54, 1.807) is 12.1 Å². The lowest BCUT2D eigenvalue weighted by Gasteiger charge is -2.21. The van der Waals surface area contributed by atoms with Crippen LogP contribution in [0, 0.1) is 0 Å². The van der Waals surface area contributed by atoms with Crippen molar-refractivity contribution in [3.63, 3.8) is 0 Å². The first-order valence-corrected chi connectivity index (χ1v) is 13.1. The number of carbonyl (C=O) groups is 2. The van der Waals surface area contributed by atoms with E-state index in [2.05, 4.69) is 10.6 Å². The average molecular weight is 470 g/mol. The van der Waals surface area contributed by atoms with Crippen LogP contribution in [0.25, 0.3) is 0 Å². The Morgan fingerprint density at radius 1 is 0.939 bits per heavy atom. The van der Waals surface area contributed by atoms with Crippen molar-refractivity contribution < 1.29 is 18.0 Å². The zero-order valence-corrected chi connectivity index (χ0v) is 19.5. The summed E-state index contributed by atoms with van der Waals surface area (Å²) >= 11 is 0. The summed E-state index contributed by atoms with van der Waals surface area (Å²) in [6.45, 7) is 0.999. The van der Waals surface area contributed by atoms with Gasteiger partial charge in [0, 0.05) is 31.1 Å². The third-order valence-corrected chi connectivity index (χ3v) is 8.02. The Labute approximate surface area is 195 Å². The van der Waals surface area contributed by atoms with Crippen LogP contribution in [0.5, 0.6) is 0 Å². The van der Waals surface area contributed by atoms with E-state index in [1.807, 2.05) is 30.3 Å². The van der Waals surface area contributed by atoms with Crippen LogP contribution in [0.15, 0.2) is 59.5 Å². The molecule has 0 aromatic heterocycles. The molecule has 1 aliphatic heterocycles. The monoisotopic (exact) mass is 469 g/mol. The minimum Gasteiger partial charge on any atom is -0.352 e. The molecule has 2 fully saturated rings. The molecule has 1 heterocycles. The van der Waals surface area contributed by atoms with Crippen molar-refractivity contribution in [2.75, 3.05) is 13.1 Å². The smallest absolute Gasteiger partial charge is 0.251 e. The Morgan fingerprint density at radius 2 is 1.64 bits per heavy atom. The second-order valence-electron chi connectivity index (χ2n) is 8.84. The lowest BCUT2D eigenvalue weighted by molar-refractivity contribution is -0.123. The van der Waals surface area contributed by atoms with Gasteiger partial charge >= 0.3 is 0 Å². The molecule has 1 saturated heterocycles. The number of benzene rings is 2. The number of amides is 2. The fourth-order valence-corrected chi connectivity index (χ4v) is 5.62. The summed E-state index contributed by atoms with van der Waals surface area (Å²) in [4.78, 5) is 26.0. The normalized spacial score (nSPS) is 18.2. The summed E-state index contributed by atoms with van der Waals surface area (Å²) in [6.07, 6.45) is 6.01. The van der Waals surface area contributed by atoms with Crippen molar-refractivity contribution in [3.8, 4) is 0 Å². The molecule has 2 aromatic rings. The number of nitrogens with zero attached hydrogens (tertiary/aromatic N) is 1. The first-order valence-electron chi connectivity index (χ1n) is 11.7. The van der Waals surface area contributed by atoms with Crippen LogP contribution in [0.2, 0.25) is 0 Å². The highest BCUT2D eigenvalue weighted by Crippen LogP contribution is 2.22. The van der Waals surface area contributed by atoms with Crippen LogP contribution in [-0.4, -0.2) is 49.7 Å². The lowest BCUT2D eigenvalue weighted by Crippen LogP contribution is -2.48. The minimum atomic E-state index is -3.67. The van der Waals surface area contributed by atoms with E-state index >= 15 is 0 Å². The fourth-order valence-electron chi connectivity index (χ4n) is 4.06. The molecule has 1 unspecified atom stereocenters. The number of hydrogen-bond donors (Lipinski definition) is 2. The largest absolute Gasteiger partial charge is 0.352 e. The van der Waals surface area contributed by atoms with E-state index in [0.717, 1.165) is 44.1 Å². The summed E-state index contributed by atoms with van der Waals surface area (Å²) < 4.78 is 27.8. The van der Waals surface area contributed by atoms with E-state index in [-0.39, 0.29) is 22.4 Å². The molecule has 2 N–H and O–H groups in total. The minimum absolute atomic E-state index is 0.110. The van der Waals surface area contributed by atoms with Crippen LogP contribution in [0.1, 0.15) is 54.4 Å². The molecule has 0 radical (unpaired) electrons. The molecule has 2 aliphatic rings. The van der Waals surface area contributed by atoms with Gasteiger partial charge in [-0.1, -0.05) is 49.2 Å². The van der Waals surface area contributed by atoms with Crippen molar-refractivity contribution in [3.05, 3.63) is 65.7 Å². The second-order valence-corrected chi connectivity index (χ2v) is 10.8. The van der Waals surface area contributed by atoms with E-state index in [0.29, 0.717) is 19.5 Å². The topological polar surface area (TPSA) is 95.6 Å². The fraction of sp³-hybridized carbons (Fsp3) is 0.440. The highest BCUT2D eigenvalue weighted by molar-refractivity contribution is 7.89. The lowest BCUT2D eigenvalue weighted by atomic mass is 10.0. The van der Waals surface area contributed by atoms with Gasteiger partial charge in [-0.3, -0.25) is 9.59 Å². The molecule has 1 atom stereocenters. The molecule has 0 spiro atoms. The van der Waals surface area contributed by atoms with Crippen molar-refractivity contribution >= 4 is 21.8 Å². The van der Waals surface area contributed by atoms with Crippen molar-refractivity contribution in [2.45, 2.75) is 61.9 Å². The summed E-state index contributed by atoms with van der Waals surface area (Å²) in [5.41, 5.74) is 1.16. The van der Waals surface area contributed by atoms with Gasteiger partial charge in [-0.05, 0) is 49.4 Å². The zero-order chi connectivity index (χ0) is 23.3. The van der Waals surface area contributed by atoms with Gasteiger partial charge in [-0.15, -0.1) is 0 Å². The molecule has 1 saturated carbocycles. The van der Waals surface area contributed by atoms with Crippen molar-refractivity contribution in [1.82, 2.24) is 14.9 Å². The molecule has 7 nitrogen and oxygen atoms in total. The van der Waals surface area contributed by atoms with Gasteiger partial charge in [0.15, 0.2) is 0 Å². The maximum absolute atomic E-state index is 13.1. The maximum Gasteiger partial charge on any atom is 0.251 e. The molecular weight excluding hydrogens is 438 g/mol. The SMILES string of the molecule is O=C(NC(Cc1ccccc1)C(=O)NC1CC1)c1cccc(S(=O)(=O)N2CCCCCC2)c1. The Balaban J connectivity index is 1.51. The van der Waals surface area contributed by atoms with Gasteiger partial charge in [0.1, 0.15) is 6.04 Å². The predicted octanol–water partition coefficient (Wildman–Crippen LogP) is 2.87. The molecular formula is C25H31N3O4S. The van der Waals surface area contributed by atoms with Gasteiger partial charge in [-0.2, -0.15) is 4.31 Å². The number of rotatable bonds is 8. The van der Waals surface area contributed by atoms with E-state index < -0.39 is 22.0 Å². The van der Waals surface area contributed by atoms with E-state index in [4.69, 9.17) is 0 Å². The summed E-state index contributed by atoms with van der Waals surface area (Å²) in [5, 5.41) is 5.78. The van der Waals surface area contributed by atoms with Gasteiger partial charge in [0.25, 0.3) is 5.91 Å². The summed E-state index contributed by atoms with van der Waals surface area (Å²) in [6, 6.07) is 15.0. The Hall–Kier alpha value is -2.71. The first-order chi connectivity index (χ1) is 15.9. The van der Waals surface area contributed by atoms with E-state index in [1.165, 1.54) is 16.4 Å². The van der Waals surface area contributed by atoms with Crippen LogP contribution < -0.4 is 10.6 Å². The molecule has 0 bridgehead atoms. The molecule has 33 heavy (non-hydrogen) atoms. The molecule has 4 rings (SSSR count). The number of hydrogen-bond acceptors (Lipinski definition) is 4. The van der Waals surface area contributed by atoms with Crippen LogP contribution >= 0.6 is 0 Å². The third kappa shape index (κ3) is 6.21. The molecule has 2 amide bonds. The molecule has 8 heteroatoms. The van der Waals surface area contributed by atoms with Crippen LogP contribution in [0.4, 0.5) is 0 Å². The summed E-state index contributed by atoms with van der Waals surface area (Å²) in [7, 11) is -3.67. The van der Waals surface area contributed by atoms with Gasteiger partial charge < -0.3 is 10.6 Å². The zero-order valence-electron chi connectivity index (χ0n) is 18.7. The standard InChI is InChI=1S/C25H31N3O4S/c29-24(27-23(25(30)26-21-13-14-21)17-19-9-4-3-5-10-19)20-11-8-12-22(18-20)33(31,32)28-15-6-1-2-7-16-28/h3-5,8-12,18,21,23H,1-2,6-7,13-17H2,(H,26,30)(H,27,29). The number of sulfonamides is 1.